The first-order valence-electron chi connectivity index (χ1n) is 10.6. The summed E-state index contributed by atoms with van der Waals surface area (Å²) in [7, 11) is 0. The van der Waals surface area contributed by atoms with Crippen LogP contribution in [0.2, 0.25) is 0 Å². The molecule has 0 amide bonds. The molecule has 122 valence electrons. The maximum atomic E-state index is 13.2. The van der Waals surface area contributed by atoms with Crippen molar-refractivity contribution in [3.05, 3.63) is 0 Å². The molecule has 0 unspecified atom stereocenters. The lowest BCUT2D eigenvalue weighted by Gasteiger charge is -2.58. The second-order valence-electron chi connectivity index (χ2n) is 8.36. The van der Waals surface area contributed by atoms with Crippen molar-refractivity contribution in [2.45, 2.75) is 71.2 Å². The number of rotatable bonds is 0. The summed E-state index contributed by atoms with van der Waals surface area (Å²) in [6.45, 7) is 3.77. The molecular weight excluding hydrogens is 276 g/mol. The summed E-state index contributed by atoms with van der Waals surface area (Å²) < 4.78 is 33.4. The van der Waals surface area contributed by atoms with Crippen LogP contribution >= 0.6 is 0 Å². The third-order valence-electron chi connectivity index (χ3n) is 7.30. The molecule has 0 saturated heterocycles. The molecule has 0 spiro atoms. The highest BCUT2D eigenvalue weighted by atomic mass is 16.3. The molecule has 4 saturated carbocycles. The molecule has 7 atom stereocenters. The fourth-order valence-electron chi connectivity index (χ4n) is 6.16. The highest BCUT2D eigenvalue weighted by Gasteiger charge is 2.63. The van der Waals surface area contributed by atoms with Gasteiger partial charge >= 0.3 is 0 Å². The molecule has 4 aliphatic carbocycles. The van der Waals surface area contributed by atoms with E-state index in [0.29, 0.717) is 19.3 Å². The third-order valence-corrected chi connectivity index (χ3v) is 7.30. The summed E-state index contributed by atoms with van der Waals surface area (Å²) in [6, 6.07) is 0. The van der Waals surface area contributed by atoms with Gasteiger partial charge in [0.25, 0.3) is 0 Å². The van der Waals surface area contributed by atoms with Crippen LogP contribution in [0.3, 0.4) is 0 Å². The van der Waals surface area contributed by atoms with Crippen molar-refractivity contribution in [1.29, 1.82) is 0 Å². The highest BCUT2D eigenvalue weighted by Crippen LogP contribution is 2.64. The van der Waals surface area contributed by atoms with Crippen LogP contribution in [0.4, 0.5) is 0 Å². The smallest absolute Gasteiger partial charge is 0.139 e. The second kappa shape index (κ2) is 4.66. The Morgan fingerprint density at radius 1 is 1.23 bits per heavy atom. The van der Waals surface area contributed by atoms with Crippen LogP contribution < -0.4 is 0 Å². The van der Waals surface area contributed by atoms with Gasteiger partial charge in [0.2, 0.25) is 0 Å². The van der Waals surface area contributed by atoms with E-state index in [1.54, 1.807) is 0 Å². The Balaban J connectivity index is 1.79. The average molecular weight is 308 g/mol. The van der Waals surface area contributed by atoms with Crippen LogP contribution in [0.1, 0.15) is 70.6 Å². The van der Waals surface area contributed by atoms with Crippen molar-refractivity contribution >= 4 is 11.6 Å². The average Bonchev–Trinajstić information content (AvgIpc) is 2.79. The zero-order valence-electron chi connectivity index (χ0n) is 17.4. The number of carbonyl (C=O) groups excluding carboxylic acids is 2. The Labute approximate surface area is 138 Å². The molecule has 0 heterocycles. The number of aliphatic hydroxyl groups excluding tert-OH is 1. The Morgan fingerprint density at radius 3 is 2.77 bits per heavy atom. The van der Waals surface area contributed by atoms with E-state index >= 15 is 0 Å². The van der Waals surface area contributed by atoms with Crippen molar-refractivity contribution in [2.24, 2.45) is 34.5 Å². The van der Waals surface area contributed by atoms with E-state index in [4.69, 9.17) is 5.48 Å². The highest BCUT2D eigenvalue weighted by molar-refractivity contribution is 5.95. The molecule has 3 nitrogen and oxygen atoms in total. The Bertz CT molecular complexity index is 678. The summed E-state index contributed by atoms with van der Waals surface area (Å²) in [4.78, 5) is 25.7. The minimum atomic E-state index is -2.07. The molecule has 4 fully saturated rings. The van der Waals surface area contributed by atoms with Gasteiger partial charge < -0.3 is 5.11 Å². The minimum absolute atomic E-state index is 0.000750. The summed E-state index contributed by atoms with van der Waals surface area (Å²) in [5.74, 6) is -0.622. The van der Waals surface area contributed by atoms with Crippen LogP contribution in [0.15, 0.2) is 0 Å². The van der Waals surface area contributed by atoms with Crippen LogP contribution in [0.5, 0.6) is 0 Å². The molecule has 4 aliphatic rings. The van der Waals surface area contributed by atoms with Crippen molar-refractivity contribution in [1.82, 2.24) is 0 Å². The fraction of sp³-hybridized carbons (Fsp3) is 0.895. The molecule has 3 heteroatoms. The topological polar surface area (TPSA) is 54.4 Å². The van der Waals surface area contributed by atoms with Gasteiger partial charge in [0.15, 0.2) is 0 Å². The first-order chi connectivity index (χ1) is 11.9. The van der Waals surface area contributed by atoms with Crippen molar-refractivity contribution in [2.75, 3.05) is 0 Å². The predicted molar refractivity (Wildman–Crippen MR) is 83.1 cm³/mol. The normalized spacial score (nSPS) is 61.9. The summed E-state index contributed by atoms with van der Waals surface area (Å²) in [5.41, 5.74) is -1.41. The number of Topliss-reactive ketones (excluding diaryl/α,β-unsaturated/α-hetero) is 2. The van der Waals surface area contributed by atoms with E-state index in [0.717, 1.165) is 6.42 Å². The molecule has 0 radical (unpaired) electrons. The van der Waals surface area contributed by atoms with E-state index in [1.165, 1.54) is 0 Å². The van der Waals surface area contributed by atoms with Gasteiger partial charge in [-0.05, 0) is 61.6 Å². The van der Waals surface area contributed by atoms with Crippen LogP contribution in [-0.2, 0) is 9.59 Å². The number of hydrogen-bond donors (Lipinski definition) is 1. The number of hydrogen-bond acceptors (Lipinski definition) is 3. The van der Waals surface area contributed by atoms with Crippen LogP contribution in [0.25, 0.3) is 0 Å². The Morgan fingerprint density at radius 2 is 2.00 bits per heavy atom. The summed E-state index contributed by atoms with van der Waals surface area (Å²) in [5, 5.41) is 10.3. The quantitative estimate of drug-likeness (QED) is 0.748. The first kappa shape index (κ1) is 11.0. The van der Waals surface area contributed by atoms with Crippen LogP contribution in [0, 0.1) is 34.5 Å². The maximum Gasteiger partial charge on any atom is 0.139 e. The van der Waals surface area contributed by atoms with Gasteiger partial charge in [0.05, 0.1) is 6.10 Å². The number of aliphatic hydroxyl groups is 1. The molecule has 0 aromatic heterocycles. The summed E-state index contributed by atoms with van der Waals surface area (Å²) in [6.07, 6.45) is -3.10. The molecule has 0 aromatic rings. The lowest BCUT2D eigenvalue weighted by atomic mass is 9.45. The first-order valence-corrected chi connectivity index (χ1v) is 8.60. The molecule has 1 N–H and O–H groups in total. The minimum Gasteiger partial charge on any atom is -0.393 e. The van der Waals surface area contributed by atoms with Crippen molar-refractivity contribution < 1.29 is 20.2 Å². The molecule has 22 heavy (non-hydrogen) atoms. The van der Waals surface area contributed by atoms with Crippen molar-refractivity contribution in [3.8, 4) is 0 Å². The van der Waals surface area contributed by atoms with Gasteiger partial charge in [-0.1, -0.05) is 13.8 Å². The SMILES string of the molecule is [2H]C1([2H])C[C@]2(C)[C@H]3C(=O)C[C@]4(C)C(=O)CC[C@H]4[C@@H]3CC[C@H]2C([2H])([2H])[C@@H]1O. The summed E-state index contributed by atoms with van der Waals surface area (Å²) >= 11 is 0. The van der Waals surface area contributed by atoms with Gasteiger partial charge in [-0.2, -0.15) is 0 Å². The molecule has 4 rings (SSSR count). The molecule has 0 aromatic carbocycles. The largest absolute Gasteiger partial charge is 0.393 e. The van der Waals surface area contributed by atoms with Gasteiger partial charge in [-0.25, -0.2) is 0 Å². The van der Waals surface area contributed by atoms with E-state index in [-0.39, 0.29) is 36.2 Å². The fourth-order valence-corrected chi connectivity index (χ4v) is 6.16. The van der Waals surface area contributed by atoms with Gasteiger partial charge in [-0.3, -0.25) is 9.59 Å². The van der Waals surface area contributed by atoms with Gasteiger partial charge in [0.1, 0.15) is 11.6 Å². The van der Waals surface area contributed by atoms with E-state index in [2.05, 4.69) is 0 Å². The van der Waals surface area contributed by atoms with E-state index < -0.39 is 41.5 Å². The number of fused-ring (bicyclic) bond motifs is 5. The van der Waals surface area contributed by atoms with E-state index in [1.807, 2.05) is 13.8 Å². The van der Waals surface area contributed by atoms with Gasteiger partial charge in [-0.15, -0.1) is 0 Å². The molecule has 0 aliphatic heterocycles. The van der Waals surface area contributed by atoms with Gasteiger partial charge in [0, 0.05) is 29.7 Å². The lowest BCUT2D eigenvalue weighted by Crippen LogP contribution is -2.57. The maximum absolute atomic E-state index is 13.2. The standard InChI is InChI=1S/C19H28O3/c1-18-8-7-12(20)9-11(18)3-4-13-14-5-6-16(22)19(14,2)10-15(21)17(13)18/h11-14,17,20H,3-10H2,1-2H3/t11-,12+,13-,14-,17+,18-,19-/m0/s1/i7D2,9D2. The van der Waals surface area contributed by atoms with Crippen molar-refractivity contribution in [3.63, 3.8) is 0 Å². The third kappa shape index (κ3) is 1.78. The number of carbonyl (C=O) groups is 2. The number of ketones is 2. The zero-order valence-corrected chi connectivity index (χ0v) is 13.4. The lowest BCUT2D eigenvalue weighted by molar-refractivity contribution is -0.162. The second-order valence-corrected chi connectivity index (χ2v) is 8.36. The predicted octanol–water partition coefficient (Wildman–Crippen LogP) is 3.14. The Hall–Kier alpha value is -0.700. The molecular formula is C19H28O3. The zero-order chi connectivity index (χ0) is 19.3. The van der Waals surface area contributed by atoms with E-state index in [9.17, 15) is 14.7 Å². The molecule has 0 bridgehead atoms. The Kier molecular flexibility index (Phi) is 2.32. The van der Waals surface area contributed by atoms with Crippen LogP contribution in [-0.4, -0.2) is 22.8 Å². The monoisotopic (exact) mass is 308 g/mol.